The predicted molar refractivity (Wildman–Crippen MR) is 137 cm³/mol. The summed E-state index contributed by atoms with van der Waals surface area (Å²) in [6, 6.07) is 15.9. The van der Waals surface area contributed by atoms with Crippen molar-refractivity contribution in [3.05, 3.63) is 76.9 Å². The molecule has 0 atom stereocenters. The van der Waals surface area contributed by atoms with Gasteiger partial charge in [-0.3, -0.25) is 19.6 Å². The SMILES string of the molecule is Cc1ccc(/C(=C\c2ccc(C=CC(=O)NCCCCCC(=O)NO)cc2)C(=O)NC2CC2)cc1. The van der Waals surface area contributed by atoms with E-state index in [-0.39, 0.29) is 24.3 Å². The van der Waals surface area contributed by atoms with Crippen LogP contribution < -0.4 is 16.1 Å². The highest BCUT2D eigenvalue weighted by atomic mass is 16.5. The van der Waals surface area contributed by atoms with Gasteiger partial charge < -0.3 is 10.6 Å². The topological polar surface area (TPSA) is 108 Å². The van der Waals surface area contributed by atoms with Crippen molar-refractivity contribution in [3.63, 3.8) is 0 Å². The van der Waals surface area contributed by atoms with E-state index < -0.39 is 5.91 Å². The van der Waals surface area contributed by atoms with Gasteiger partial charge in [0.05, 0.1) is 0 Å². The summed E-state index contributed by atoms with van der Waals surface area (Å²) in [5.41, 5.74) is 6.05. The summed E-state index contributed by atoms with van der Waals surface area (Å²) in [6.45, 7) is 2.55. The fourth-order valence-electron chi connectivity index (χ4n) is 3.46. The van der Waals surface area contributed by atoms with Gasteiger partial charge in [0.25, 0.3) is 5.91 Å². The summed E-state index contributed by atoms with van der Waals surface area (Å²) in [7, 11) is 0. The third-order valence-electron chi connectivity index (χ3n) is 5.70. The smallest absolute Gasteiger partial charge is 0.252 e. The van der Waals surface area contributed by atoms with Crippen LogP contribution in [0.5, 0.6) is 0 Å². The van der Waals surface area contributed by atoms with Gasteiger partial charge >= 0.3 is 0 Å². The molecule has 0 spiro atoms. The van der Waals surface area contributed by atoms with Gasteiger partial charge in [-0.25, -0.2) is 5.48 Å². The fraction of sp³-hybridized carbons (Fsp3) is 0.321. The van der Waals surface area contributed by atoms with Crippen LogP contribution in [0.25, 0.3) is 17.7 Å². The lowest BCUT2D eigenvalue weighted by atomic mass is 10.00. The predicted octanol–water partition coefficient (Wildman–Crippen LogP) is 4.01. The van der Waals surface area contributed by atoms with E-state index >= 15 is 0 Å². The van der Waals surface area contributed by atoms with Crippen LogP contribution in [0.4, 0.5) is 0 Å². The van der Waals surface area contributed by atoms with Gasteiger partial charge in [-0.1, -0.05) is 60.5 Å². The monoisotopic (exact) mass is 475 g/mol. The summed E-state index contributed by atoms with van der Waals surface area (Å²) < 4.78 is 0. The van der Waals surface area contributed by atoms with Crippen LogP contribution in [-0.2, 0) is 14.4 Å². The van der Waals surface area contributed by atoms with Crippen molar-refractivity contribution in [2.24, 2.45) is 0 Å². The zero-order valence-electron chi connectivity index (χ0n) is 20.0. The molecule has 1 saturated carbocycles. The lowest BCUT2D eigenvalue weighted by Crippen LogP contribution is -2.26. The van der Waals surface area contributed by atoms with Gasteiger partial charge in [-0.2, -0.15) is 0 Å². The second-order valence-corrected chi connectivity index (χ2v) is 8.81. The summed E-state index contributed by atoms with van der Waals surface area (Å²) >= 11 is 0. The Bertz CT molecular complexity index is 1070. The maximum Gasteiger partial charge on any atom is 0.252 e. The highest BCUT2D eigenvalue weighted by Gasteiger charge is 2.25. The third kappa shape index (κ3) is 9.22. The Balaban J connectivity index is 1.54. The van der Waals surface area contributed by atoms with Crippen LogP contribution in [0.1, 0.15) is 60.8 Å². The maximum atomic E-state index is 12.9. The van der Waals surface area contributed by atoms with E-state index in [1.807, 2.05) is 61.5 Å². The van der Waals surface area contributed by atoms with E-state index in [9.17, 15) is 14.4 Å². The van der Waals surface area contributed by atoms with Gasteiger partial charge in [0, 0.05) is 30.7 Å². The highest BCUT2D eigenvalue weighted by Crippen LogP contribution is 2.24. The van der Waals surface area contributed by atoms with Crippen molar-refractivity contribution < 1.29 is 19.6 Å². The van der Waals surface area contributed by atoms with Crippen molar-refractivity contribution in [2.75, 3.05) is 6.54 Å². The minimum atomic E-state index is -0.397. The number of carbonyl (C=O) groups is 3. The Hall–Kier alpha value is -3.71. The molecule has 1 aliphatic rings. The van der Waals surface area contributed by atoms with E-state index in [0.717, 1.165) is 47.9 Å². The van der Waals surface area contributed by atoms with Crippen LogP contribution in [0.2, 0.25) is 0 Å². The molecule has 0 saturated heterocycles. The Morgan fingerprint density at radius 1 is 0.943 bits per heavy atom. The molecule has 184 valence electrons. The lowest BCUT2D eigenvalue weighted by molar-refractivity contribution is -0.129. The van der Waals surface area contributed by atoms with E-state index in [2.05, 4.69) is 10.6 Å². The third-order valence-corrected chi connectivity index (χ3v) is 5.70. The van der Waals surface area contributed by atoms with Gasteiger partial charge in [-0.15, -0.1) is 0 Å². The van der Waals surface area contributed by atoms with Crippen molar-refractivity contribution in [1.82, 2.24) is 16.1 Å². The summed E-state index contributed by atoms with van der Waals surface area (Å²) in [4.78, 5) is 35.8. The molecule has 1 fully saturated rings. The first kappa shape index (κ1) is 25.9. The van der Waals surface area contributed by atoms with Gasteiger partial charge in [-0.05, 0) is 61.4 Å². The standard InChI is InChI=1S/C28H33N3O4/c1-20-6-13-23(14-7-20)25(28(34)30-24-15-16-24)19-22-10-8-21(9-11-22)12-17-26(32)29-18-4-2-3-5-27(33)31-35/h6-14,17,19,24,35H,2-5,15-16,18H2,1H3,(H,29,32)(H,30,34)(H,31,33)/b17-12?,25-19+. The van der Waals surface area contributed by atoms with Crippen molar-refractivity contribution in [3.8, 4) is 0 Å². The number of carbonyl (C=O) groups excluding carboxylic acids is 3. The number of hydrogen-bond acceptors (Lipinski definition) is 4. The zero-order chi connectivity index (χ0) is 25.0. The number of amides is 3. The number of rotatable bonds is 12. The average Bonchev–Trinajstić information content (AvgIpc) is 3.68. The molecule has 35 heavy (non-hydrogen) atoms. The average molecular weight is 476 g/mol. The van der Waals surface area contributed by atoms with Crippen LogP contribution in [0.15, 0.2) is 54.6 Å². The van der Waals surface area contributed by atoms with Gasteiger partial charge in [0.2, 0.25) is 11.8 Å². The second-order valence-electron chi connectivity index (χ2n) is 8.81. The number of benzene rings is 2. The van der Waals surface area contributed by atoms with Crippen molar-refractivity contribution >= 4 is 35.4 Å². The van der Waals surface area contributed by atoms with Crippen LogP contribution in [0.3, 0.4) is 0 Å². The summed E-state index contributed by atoms with van der Waals surface area (Å²) in [5.74, 6) is -0.638. The van der Waals surface area contributed by atoms with Crippen LogP contribution in [-0.4, -0.2) is 35.5 Å². The molecule has 7 nitrogen and oxygen atoms in total. The number of hydroxylamine groups is 1. The molecule has 2 aromatic carbocycles. The maximum absolute atomic E-state index is 12.9. The van der Waals surface area contributed by atoms with E-state index in [4.69, 9.17) is 5.21 Å². The number of aryl methyl sites for hydroxylation is 1. The van der Waals surface area contributed by atoms with E-state index in [1.165, 1.54) is 6.08 Å². The van der Waals surface area contributed by atoms with Crippen molar-refractivity contribution in [1.29, 1.82) is 0 Å². The normalized spacial score (nSPS) is 13.5. The molecule has 2 aromatic rings. The minimum Gasteiger partial charge on any atom is -0.353 e. The van der Waals surface area contributed by atoms with E-state index in [0.29, 0.717) is 18.5 Å². The molecule has 0 radical (unpaired) electrons. The lowest BCUT2D eigenvalue weighted by Gasteiger charge is -2.10. The largest absolute Gasteiger partial charge is 0.353 e. The molecule has 7 heteroatoms. The summed E-state index contributed by atoms with van der Waals surface area (Å²) in [6.07, 6.45) is 9.68. The van der Waals surface area contributed by atoms with Gasteiger partial charge in [0.15, 0.2) is 0 Å². The number of unbranched alkanes of at least 4 members (excludes halogenated alkanes) is 2. The molecule has 0 bridgehead atoms. The molecule has 1 aliphatic carbocycles. The molecule has 3 rings (SSSR count). The Labute approximate surface area is 206 Å². The molecule has 0 unspecified atom stereocenters. The Morgan fingerprint density at radius 3 is 2.29 bits per heavy atom. The van der Waals surface area contributed by atoms with Crippen LogP contribution >= 0.6 is 0 Å². The highest BCUT2D eigenvalue weighted by molar-refractivity contribution is 6.24. The second kappa shape index (κ2) is 13.2. The first-order valence-electron chi connectivity index (χ1n) is 12.0. The first-order valence-corrected chi connectivity index (χ1v) is 12.0. The molecule has 4 N–H and O–H groups in total. The minimum absolute atomic E-state index is 0.0614. The molecular formula is C28H33N3O4. The van der Waals surface area contributed by atoms with Crippen LogP contribution in [0, 0.1) is 6.92 Å². The number of nitrogens with one attached hydrogen (secondary N) is 3. The van der Waals surface area contributed by atoms with Crippen molar-refractivity contribution in [2.45, 2.75) is 51.5 Å². The molecule has 0 aromatic heterocycles. The Kier molecular flexibility index (Phi) is 9.80. The number of hydrogen-bond donors (Lipinski definition) is 4. The summed E-state index contributed by atoms with van der Waals surface area (Å²) in [5, 5.41) is 14.3. The fourth-order valence-corrected chi connectivity index (χ4v) is 3.46. The molecule has 0 heterocycles. The van der Waals surface area contributed by atoms with Gasteiger partial charge in [0.1, 0.15) is 0 Å². The molecule has 0 aliphatic heterocycles. The zero-order valence-corrected chi connectivity index (χ0v) is 20.0. The first-order chi connectivity index (χ1) is 16.9. The van der Waals surface area contributed by atoms with E-state index in [1.54, 1.807) is 11.6 Å². The molecular weight excluding hydrogens is 442 g/mol. The Morgan fingerprint density at radius 2 is 1.63 bits per heavy atom. The quantitative estimate of drug-likeness (QED) is 0.122. The molecule has 3 amide bonds.